The van der Waals surface area contributed by atoms with E-state index in [1.807, 2.05) is 29.8 Å². The van der Waals surface area contributed by atoms with E-state index in [4.69, 9.17) is 0 Å². The molecular formula is C15H14N2O2S. The van der Waals surface area contributed by atoms with Crippen molar-refractivity contribution in [1.82, 2.24) is 9.55 Å². The molecule has 0 unspecified atom stereocenters. The molecule has 3 aromatic rings. The highest BCUT2D eigenvalue weighted by Gasteiger charge is 2.12. The van der Waals surface area contributed by atoms with Crippen LogP contribution in [0.1, 0.15) is 25.9 Å². The Hall–Kier alpha value is -2.14. The van der Waals surface area contributed by atoms with Gasteiger partial charge in [0.05, 0.1) is 17.8 Å². The Morgan fingerprint density at radius 2 is 2.15 bits per heavy atom. The lowest BCUT2D eigenvalue weighted by Gasteiger charge is -2.03. The van der Waals surface area contributed by atoms with Gasteiger partial charge < -0.3 is 9.67 Å². The number of aromatic nitrogens is 2. The SMILES string of the molecule is Cc1nc(Cn2ccc3c(C(=O)O)cccc32)sc1C. The number of carboxylic acids is 1. The number of rotatable bonds is 3. The number of thiazole rings is 1. The van der Waals surface area contributed by atoms with E-state index in [1.165, 1.54) is 4.88 Å². The highest BCUT2D eigenvalue weighted by Crippen LogP contribution is 2.23. The van der Waals surface area contributed by atoms with Crippen LogP contribution in [0.3, 0.4) is 0 Å². The van der Waals surface area contributed by atoms with Crippen LogP contribution in [0, 0.1) is 13.8 Å². The van der Waals surface area contributed by atoms with Crippen LogP contribution in [-0.2, 0) is 6.54 Å². The van der Waals surface area contributed by atoms with Crippen molar-refractivity contribution >= 4 is 28.2 Å². The summed E-state index contributed by atoms with van der Waals surface area (Å²) in [5.41, 5.74) is 2.33. The first-order chi connectivity index (χ1) is 9.56. The molecule has 3 rings (SSSR count). The Morgan fingerprint density at radius 1 is 1.35 bits per heavy atom. The predicted octanol–water partition coefficient (Wildman–Crippen LogP) is 3.46. The lowest BCUT2D eigenvalue weighted by Crippen LogP contribution is -1.99. The van der Waals surface area contributed by atoms with Gasteiger partial charge in [-0.1, -0.05) is 6.07 Å². The van der Waals surface area contributed by atoms with Crippen molar-refractivity contribution < 1.29 is 9.90 Å². The van der Waals surface area contributed by atoms with E-state index in [-0.39, 0.29) is 0 Å². The molecule has 0 saturated heterocycles. The third-order valence-electron chi connectivity index (χ3n) is 3.42. The molecule has 5 heteroatoms. The Labute approximate surface area is 120 Å². The third kappa shape index (κ3) is 2.10. The zero-order valence-electron chi connectivity index (χ0n) is 11.3. The minimum absolute atomic E-state index is 0.341. The van der Waals surface area contributed by atoms with E-state index in [9.17, 15) is 9.90 Å². The molecule has 0 bridgehead atoms. The van der Waals surface area contributed by atoms with Crippen molar-refractivity contribution in [1.29, 1.82) is 0 Å². The van der Waals surface area contributed by atoms with Gasteiger partial charge in [-0.2, -0.15) is 0 Å². The maximum Gasteiger partial charge on any atom is 0.336 e. The molecule has 0 spiro atoms. The van der Waals surface area contributed by atoms with Crippen molar-refractivity contribution in [2.75, 3.05) is 0 Å². The lowest BCUT2D eigenvalue weighted by atomic mass is 10.1. The Bertz CT molecular complexity index is 782. The molecule has 0 fully saturated rings. The fourth-order valence-electron chi connectivity index (χ4n) is 2.30. The van der Waals surface area contributed by atoms with Gasteiger partial charge in [0.1, 0.15) is 5.01 Å². The van der Waals surface area contributed by atoms with Gasteiger partial charge in [0, 0.05) is 22.0 Å². The number of nitrogens with zero attached hydrogens (tertiary/aromatic N) is 2. The van der Waals surface area contributed by atoms with Gasteiger partial charge in [0.2, 0.25) is 0 Å². The monoisotopic (exact) mass is 286 g/mol. The molecule has 0 atom stereocenters. The number of benzene rings is 1. The summed E-state index contributed by atoms with van der Waals surface area (Å²) < 4.78 is 2.04. The van der Waals surface area contributed by atoms with Crippen LogP contribution in [0.4, 0.5) is 0 Å². The molecule has 0 radical (unpaired) electrons. The largest absolute Gasteiger partial charge is 0.478 e. The number of aryl methyl sites for hydroxylation is 2. The fraction of sp³-hybridized carbons (Fsp3) is 0.200. The highest BCUT2D eigenvalue weighted by molar-refractivity contribution is 7.11. The summed E-state index contributed by atoms with van der Waals surface area (Å²) in [6.45, 7) is 4.74. The van der Waals surface area contributed by atoms with E-state index < -0.39 is 5.97 Å². The molecule has 4 nitrogen and oxygen atoms in total. The second kappa shape index (κ2) is 4.76. The molecule has 102 valence electrons. The topological polar surface area (TPSA) is 55.1 Å². The first-order valence-electron chi connectivity index (χ1n) is 6.30. The van der Waals surface area contributed by atoms with Crippen LogP contribution in [0.5, 0.6) is 0 Å². The molecule has 0 amide bonds. The molecule has 0 saturated carbocycles. The number of carboxylic acid groups (broad SMARTS) is 1. The highest BCUT2D eigenvalue weighted by atomic mass is 32.1. The van der Waals surface area contributed by atoms with Gasteiger partial charge in [-0.3, -0.25) is 0 Å². The average Bonchev–Trinajstić information content (AvgIpc) is 2.94. The van der Waals surface area contributed by atoms with Gasteiger partial charge in [-0.15, -0.1) is 11.3 Å². The van der Waals surface area contributed by atoms with Crippen LogP contribution in [0.2, 0.25) is 0 Å². The van der Waals surface area contributed by atoms with Crippen LogP contribution in [-0.4, -0.2) is 20.6 Å². The maximum atomic E-state index is 11.2. The zero-order chi connectivity index (χ0) is 14.3. The number of fused-ring (bicyclic) bond motifs is 1. The Kier molecular flexibility index (Phi) is 3.06. The fourth-order valence-corrected chi connectivity index (χ4v) is 3.23. The molecule has 1 aromatic carbocycles. The standard InChI is InChI=1S/C15H14N2O2S/c1-9-10(2)20-14(16-9)8-17-7-6-11-12(15(18)19)4-3-5-13(11)17/h3-7H,8H2,1-2H3,(H,18,19). The van der Waals surface area contributed by atoms with E-state index in [0.717, 1.165) is 21.6 Å². The van der Waals surface area contributed by atoms with E-state index in [0.29, 0.717) is 12.1 Å². The van der Waals surface area contributed by atoms with Crippen molar-refractivity contribution in [3.63, 3.8) is 0 Å². The summed E-state index contributed by atoms with van der Waals surface area (Å²) in [7, 11) is 0. The van der Waals surface area contributed by atoms with Crippen LogP contribution in [0.15, 0.2) is 30.5 Å². The molecule has 0 aliphatic rings. The molecule has 2 aromatic heterocycles. The third-order valence-corrected chi connectivity index (χ3v) is 4.48. The van der Waals surface area contributed by atoms with Gasteiger partial charge >= 0.3 is 5.97 Å². The minimum atomic E-state index is -0.894. The summed E-state index contributed by atoms with van der Waals surface area (Å²) in [4.78, 5) is 17.0. The number of aromatic carboxylic acids is 1. The van der Waals surface area contributed by atoms with Crippen LogP contribution >= 0.6 is 11.3 Å². The van der Waals surface area contributed by atoms with Crippen LogP contribution in [0.25, 0.3) is 10.9 Å². The second-order valence-electron chi connectivity index (χ2n) is 4.74. The average molecular weight is 286 g/mol. The normalized spacial score (nSPS) is 11.1. The zero-order valence-corrected chi connectivity index (χ0v) is 12.1. The van der Waals surface area contributed by atoms with E-state index in [2.05, 4.69) is 11.9 Å². The first-order valence-corrected chi connectivity index (χ1v) is 7.12. The van der Waals surface area contributed by atoms with Gasteiger partial charge in [0.15, 0.2) is 0 Å². The molecule has 0 aliphatic carbocycles. The minimum Gasteiger partial charge on any atom is -0.478 e. The van der Waals surface area contributed by atoms with Gasteiger partial charge in [0.25, 0.3) is 0 Å². The van der Waals surface area contributed by atoms with Gasteiger partial charge in [-0.05, 0) is 32.0 Å². The summed E-state index contributed by atoms with van der Waals surface area (Å²) in [5.74, 6) is -0.894. The smallest absolute Gasteiger partial charge is 0.336 e. The molecule has 1 N–H and O–H groups in total. The number of hydrogen-bond acceptors (Lipinski definition) is 3. The summed E-state index contributed by atoms with van der Waals surface area (Å²) in [6, 6.07) is 7.20. The second-order valence-corrected chi connectivity index (χ2v) is 6.02. The quantitative estimate of drug-likeness (QED) is 0.802. The summed E-state index contributed by atoms with van der Waals surface area (Å²) in [5, 5.41) is 11.0. The molecule has 2 heterocycles. The molecule has 20 heavy (non-hydrogen) atoms. The van der Waals surface area contributed by atoms with Crippen LogP contribution < -0.4 is 0 Å². The maximum absolute atomic E-state index is 11.2. The van der Waals surface area contributed by atoms with Crippen molar-refractivity contribution in [2.24, 2.45) is 0 Å². The molecular weight excluding hydrogens is 272 g/mol. The first kappa shape index (κ1) is 12.9. The summed E-state index contributed by atoms with van der Waals surface area (Å²) in [6.07, 6.45) is 1.92. The van der Waals surface area contributed by atoms with E-state index >= 15 is 0 Å². The summed E-state index contributed by atoms with van der Waals surface area (Å²) >= 11 is 1.68. The van der Waals surface area contributed by atoms with Gasteiger partial charge in [-0.25, -0.2) is 9.78 Å². The Morgan fingerprint density at radius 3 is 2.80 bits per heavy atom. The lowest BCUT2D eigenvalue weighted by molar-refractivity contribution is 0.0699. The molecule has 0 aliphatic heterocycles. The number of carbonyl (C=O) groups is 1. The van der Waals surface area contributed by atoms with Crippen molar-refractivity contribution in [3.8, 4) is 0 Å². The van der Waals surface area contributed by atoms with E-state index in [1.54, 1.807) is 23.5 Å². The predicted molar refractivity (Wildman–Crippen MR) is 79.6 cm³/mol. The van der Waals surface area contributed by atoms with Crippen molar-refractivity contribution in [2.45, 2.75) is 20.4 Å². The van der Waals surface area contributed by atoms with Crippen molar-refractivity contribution in [3.05, 3.63) is 51.6 Å². The Balaban J connectivity index is 2.05. The number of hydrogen-bond donors (Lipinski definition) is 1.